The molecule has 4 aliphatic rings. The molecule has 2 N–H and O–H groups in total. The standard InChI is InChI=1S/C18H20N4OS/c23-16-18(13-3-1-2-4-14(13)20-16)15(19-9-11-5-6-11)21-17(24)22(18)10-12-7-8-12/h1-4,11-12H,5-10H2,(H,20,23)(H,19,21,24)/t18-/m0/s1. The smallest absolute Gasteiger partial charge is 0.263 e. The maximum Gasteiger partial charge on any atom is 0.263 e. The van der Waals surface area contributed by atoms with Crippen LogP contribution in [0.5, 0.6) is 0 Å². The first-order chi connectivity index (χ1) is 11.7. The van der Waals surface area contributed by atoms with Crippen molar-refractivity contribution in [3.05, 3.63) is 29.8 Å². The molecule has 2 aliphatic carbocycles. The molecule has 5 nitrogen and oxygen atoms in total. The van der Waals surface area contributed by atoms with E-state index < -0.39 is 5.54 Å². The van der Waals surface area contributed by atoms with Crippen molar-refractivity contribution in [2.24, 2.45) is 16.8 Å². The van der Waals surface area contributed by atoms with Crippen molar-refractivity contribution in [2.75, 3.05) is 18.4 Å². The molecule has 1 atom stereocenters. The maximum absolute atomic E-state index is 13.2. The number of carbonyl (C=O) groups excluding carboxylic acids is 1. The number of rotatable bonds is 4. The topological polar surface area (TPSA) is 56.7 Å². The van der Waals surface area contributed by atoms with Crippen molar-refractivity contribution in [1.29, 1.82) is 0 Å². The van der Waals surface area contributed by atoms with Gasteiger partial charge >= 0.3 is 0 Å². The molecule has 2 aliphatic heterocycles. The van der Waals surface area contributed by atoms with Crippen LogP contribution in [-0.4, -0.2) is 34.8 Å². The molecule has 1 spiro atoms. The summed E-state index contributed by atoms with van der Waals surface area (Å²) in [6, 6.07) is 7.91. The third-order valence-electron chi connectivity index (χ3n) is 5.45. The van der Waals surface area contributed by atoms with Crippen LogP contribution in [0.4, 0.5) is 5.69 Å². The number of amidine groups is 1. The summed E-state index contributed by atoms with van der Waals surface area (Å²) in [7, 11) is 0. The second-order valence-corrected chi connectivity index (χ2v) is 7.71. The number of hydrogen-bond acceptors (Lipinski definition) is 3. The van der Waals surface area contributed by atoms with Crippen LogP contribution >= 0.6 is 12.2 Å². The van der Waals surface area contributed by atoms with E-state index in [1.165, 1.54) is 25.7 Å². The molecular weight excluding hydrogens is 320 g/mol. The molecule has 6 heteroatoms. The number of anilines is 1. The van der Waals surface area contributed by atoms with Gasteiger partial charge in [0.2, 0.25) is 5.54 Å². The highest BCUT2D eigenvalue weighted by molar-refractivity contribution is 7.80. The first kappa shape index (κ1) is 14.4. The largest absolute Gasteiger partial charge is 0.324 e. The fourth-order valence-corrected chi connectivity index (χ4v) is 4.05. The Balaban J connectivity index is 1.64. The lowest BCUT2D eigenvalue weighted by molar-refractivity contribution is -0.121. The number of nitrogens with zero attached hydrogens (tertiary/aromatic N) is 2. The third-order valence-corrected chi connectivity index (χ3v) is 5.78. The number of amides is 1. The van der Waals surface area contributed by atoms with Crippen LogP contribution < -0.4 is 10.6 Å². The normalized spacial score (nSPS) is 30.0. The zero-order valence-electron chi connectivity index (χ0n) is 13.4. The summed E-state index contributed by atoms with van der Waals surface area (Å²) in [4.78, 5) is 20.0. The summed E-state index contributed by atoms with van der Waals surface area (Å²) in [6.07, 6.45) is 4.91. The number of thiocarbonyl (C=S) groups is 1. The minimum absolute atomic E-state index is 0.0359. The molecule has 5 rings (SSSR count). The lowest BCUT2D eigenvalue weighted by atomic mass is 9.89. The minimum atomic E-state index is -0.898. The molecule has 24 heavy (non-hydrogen) atoms. The van der Waals surface area contributed by atoms with Gasteiger partial charge in [0.1, 0.15) is 5.84 Å². The number of fused-ring (bicyclic) bond motifs is 2. The molecule has 0 unspecified atom stereocenters. The van der Waals surface area contributed by atoms with Crippen molar-refractivity contribution in [3.8, 4) is 0 Å². The molecular formula is C18H20N4OS. The second-order valence-electron chi connectivity index (χ2n) is 7.33. The Morgan fingerprint density at radius 1 is 1.17 bits per heavy atom. The molecule has 0 bridgehead atoms. The van der Waals surface area contributed by atoms with E-state index >= 15 is 0 Å². The fraction of sp³-hybridized carbons (Fsp3) is 0.500. The molecule has 0 radical (unpaired) electrons. The van der Waals surface area contributed by atoms with Crippen LogP contribution in [0.15, 0.2) is 29.3 Å². The highest BCUT2D eigenvalue weighted by Gasteiger charge is 2.61. The van der Waals surface area contributed by atoms with Gasteiger partial charge in [0.25, 0.3) is 5.91 Å². The first-order valence-corrected chi connectivity index (χ1v) is 9.15. The zero-order valence-corrected chi connectivity index (χ0v) is 14.2. The van der Waals surface area contributed by atoms with Crippen LogP contribution in [-0.2, 0) is 10.3 Å². The first-order valence-electron chi connectivity index (χ1n) is 8.74. The van der Waals surface area contributed by atoms with Gasteiger partial charge in [-0.25, -0.2) is 0 Å². The molecule has 0 aromatic heterocycles. The Hall–Kier alpha value is -1.95. The molecule has 1 aromatic rings. The van der Waals surface area contributed by atoms with Crippen molar-refractivity contribution in [2.45, 2.75) is 31.2 Å². The number of benzene rings is 1. The van der Waals surface area contributed by atoms with Gasteiger partial charge in [0.05, 0.1) is 0 Å². The number of aliphatic imine (C=N–C) groups is 1. The van der Waals surface area contributed by atoms with Crippen molar-refractivity contribution < 1.29 is 4.79 Å². The van der Waals surface area contributed by atoms with Gasteiger partial charge < -0.3 is 15.5 Å². The Labute approximate surface area is 146 Å². The second kappa shape index (κ2) is 5.02. The molecule has 3 fully saturated rings. The van der Waals surface area contributed by atoms with Crippen LogP contribution in [0, 0.1) is 11.8 Å². The molecule has 2 saturated carbocycles. The van der Waals surface area contributed by atoms with Crippen molar-refractivity contribution in [1.82, 2.24) is 10.2 Å². The van der Waals surface area contributed by atoms with Gasteiger partial charge in [0, 0.05) is 24.3 Å². The van der Waals surface area contributed by atoms with Gasteiger partial charge in [0.15, 0.2) is 5.11 Å². The van der Waals surface area contributed by atoms with E-state index in [9.17, 15) is 4.79 Å². The lowest BCUT2D eigenvalue weighted by Crippen LogP contribution is -2.52. The van der Waals surface area contributed by atoms with E-state index in [2.05, 4.69) is 15.5 Å². The Morgan fingerprint density at radius 3 is 2.67 bits per heavy atom. The monoisotopic (exact) mass is 340 g/mol. The Bertz CT molecular complexity index is 768. The molecule has 1 aromatic carbocycles. The van der Waals surface area contributed by atoms with E-state index in [1.807, 2.05) is 24.3 Å². The van der Waals surface area contributed by atoms with Crippen LogP contribution in [0.1, 0.15) is 31.2 Å². The average Bonchev–Trinajstić information content (AvgIpc) is 3.48. The highest BCUT2D eigenvalue weighted by atomic mass is 32.1. The predicted molar refractivity (Wildman–Crippen MR) is 96.9 cm³/mol. The summed E-state index contributed by atoms with van der Waals surface area (Å²) in [5, 5.41) is 6.95. The summed E-state index contributed by atoms with van der Waals surface area (Å²) in [6.45, 7) is 1.59. The predicted octanol–water partition coefficient (Wildman–Crippen LogP) is 2.24. The quantitative estimate of drug-likeness (QED) is 0.826. The summed E-state index contributed by atoms with van der Waals surface area (Å²) < 4.78 is 0. The summed E-state index contributed by atoms with van der Waals surface area (Å²) in [5.41, 5.74) is 0.942. The minimum Gasteiger partial charge on any atom is -0.324 e. The lowest BCUT2D eigenvalue weighted by Gasteiger charge is -2.33. The van der Waals surface area contributed by atoms with E-state index in [-0.39, 0.29) is 5.91 Å². The SMILES string of the molecule is O=C1Nc2ccccc2[C@]12C(=NCC1CC1)NC(=S)N2CC1CC1. The number of hydrogen-bond donors (Lipinski definition) is 2. The maximum atomic E-state index is 13.2. The van der Waals surface area contributed by atoms with Gasteiger partial charge in [-0.3, -0.25) is 9.79 Å². The Morgan fingerprint density at radius 2 is 1.92 bits per heavy atom. The van der Waals surface area contributed by atoms with E-state index in [1.54, 1.807) is 0 Å². The van der Waals surface area contributed by atoms with Gasteiger partial charge in [-0.1, -0.05) is 18.2 Å². The van der Waals surface area contributed by atoms with E-state index in [0.29, 0.717) is 22.8 Å². The highest BCUT2D eigenvalue weighted by Crippen LogP contribution is 2.46. The van der Waals surface area contributed by atoms with Crippen LogP contribution in [0.3, 0.4) is 0 Å². The van der Waals surface area contributed by atoms with Crippen molar-refractivity contribution >= 4 is 34.8 Å². The average molecular weight is 340 g/mol. The van der Waals surface area contributed by atoms with Crippen LogP contribution in [0.2, 0.25) is 0 Å². The zero-order chi connectivity index (χ0) is 16.3. The molecule has 124 valence electrons. The number of nitrogens with one attached hydrogen (secondary N) is 2. The van der Waals surface area contributed by atoms with Gasteiger partial charge in [-0.05, 0) is 55.8 Å². The van der Waals surface area contributed by atoms with E-state index in [0.717, 1.165) is 24.3 Å². The third kappa shape index (κ3) is 2.02. The number of para-hydroxylation sites is 1. The van der Waals surface area contributed by atoms with Crippen molar-refractivity contribution in [3.63, 3.8) is 0 Å². The summed E-state index contributed by atoms with van der Waals surface area (Å²) in [5.74, 6) is 1.97. The molecule has 2 heterocycles. The van der Waals surface area contributed by atoms with E-state index in [4.69, 9.17) is 17.2 Å². The molecule has 1 saturated heterocycles. The molecule has 1 amide bonds. The fourth-order valence-electron chi connectivity index (χ4n) is 3.74. The van der Waals surface area contributed by atoms with Gasteiger partial charge in [-0.2, -0.15) is 0 Å². The summed E-state index contributed by atoms with van der Waals surface area (Å²) >= 11 is 5.60. The Kier molecular flexibility index (Phi) is 3.01. The van der Waals surface area contributed by atoms with Gasteiger partial charge in [-0.15, -0.1) is 0 Å². The van der Waals surface area contributed by atoms with Crippen LogP contribution in [0.25, 0.3) is 0 Å². The number of carbonyl (C=O) groups is 1.